The highest BCUT2D eigenvalue weighted by Gasteiger charge is 2.24. The third-order valence-electron chi connectivity index (χ3n) is 4.01. The summed E-state index contributed by atoms with van der Waals surface area (Å²) in [6.07, 6.45) is 0.593. The quantitative estimate of drug-likeness (QED) is 0.655. The second-order valence-electron chi connectivity index (χ2n) is 6.26. The van der Waals surface area contributed by atoms with Gasteiger partial charge in [0.15, 0.2) is 22.6 Å². The molecule has 1 amide bonds. The molecule has 1 atom stereocenters. The summed E-state index contributed by atoms with van der Waals surface area (Å²) < 4.78 is 10.6. The first-order valence-electron chi connectivity index (χ1n) is 8.45. The smallest absolute Gasteiger partial charge is 0.358 e. The summed E-state index contributed by atoms with van der Waals surface area (Å²) in [5.41, 5.74) is 2.94. The van der Waals surface area contributed by atoms with Crippen molar-refractivity contribution in [2.75, 3.05) is 5.32 Å². The van der Waals surface area contributed by atoms with Gasteiger partial charge in [-0.3, -0.25) is 4.79 Å². The van der Waals surface area contributed by atoms with Crippen LogP contribution in [0.5, 0.6) is 0 Å². The molecule has 0 aliphatic heterocycles. The van der Waals surface area contributed by atoms with Gasteiger partial charge >= 0.3 is 5.97 Å². The van der Waals surface area contributed by atoms with Gasteiger partial charge in [-0.15, -0.1) is 11.3 Å². The Morgan fingerprint density at radius 3 is 2.67 bits per heavy atom. The Balaban J connectivity index is 1.67. The van der Waals surface area contributed by atoms with Crippen LogP contribution < -0.4 is 5.32 Å². The maximum atomic E-state index is 12.4. The number of thiazole rings is 1. The summed E-state index contributed by atoms with van der Waals surface area (Å²) in [7, 11) is 0. The third-order valence-corrected chi connectivity index (χ3v) is 5.00. The SMILES string of the molecule is Cc1ccc(NC(=O)C(C)OC(=O)c2nc(-c3ccco3)sc2C)c(C)c1. The molecule has 0 spiro atoms. The number of furan rings is 1. The molecule has 3 aromatic rings. The number of rotatable bonds is 5. The highest BCUT2D eigenvalue weighted by atomic mass is 32.1. The van der Waals surface area contributed by atoms with Crippen LogP contribution in [0.4, 0.5) is 5.69 Å². The number of amides is 1. The Kier molecular flexibility index (Phi) is 5.41. The molecule has 6 nitrogen and oxygen atoms in total. The normalized spacial score (nSPS) is 11.9. The minimum Gasteiger partial charge on any atom is -0.462 e. The van der Waals surface area contributed by atoms with Crippen molar-refractivity contribution in [2.24, 2.45) is 0 Å². The molecule has 1 aromatic carbocycles. The van der Waals surface area contributed by atoms with E-state index >= 15 is 0 Å². The highest BCUT2D eigenvalue weighted by Crippen LogP contribution is 2.28. The average molecular weight is 384 g/mol. The van der Waals surface area contributed by atoms with Crippen LogP contribution in [0.1, 0.15) is 33.4 Å². The van der Waals surface area contributed by atoms with Gasteiger partial charge in [-0.05, 0) is 51.5 Å². The zero-order valence-electron chi connectivity index (χ0n) is 15.5. The van der Waals surface area contributed by atoms with E-state index in [0.29, 0.717) is 21.3 Å². The fourth-order valence-corrected chi connectivity index (χ4v) is 3.42. The van der Waals surface area contributed by atoms with Crippen LogP contribution in [0, 0.1) is 20.8 Å². The van der Waals surface area contributed by atoms with E-state index in [1.807, 2.05) is 32.0 Å². The van der Waals surface area contributed by atoms with Crippen molar-refractivity contribution in [3.05, 3.63) is 58.3 Å². The molecular weight excluding hydrogens is 364 g/mol. The molecule has 0 fully saturated rings. The molecule has 2 aromatic heterocycles. The molecule has 0 bridgehead atoms. The van der Waals surface area contributed by atoms with Crippen LogP contribution in [0.3, 0.4) is 0 Å². The van der Waals surface area contributed by atoms with Crippen LogP contribution in [-0.4, -0.2) is 23.0 Å². The van der Waals surface area contributed by atoms with Gasteiger partial charge < -0.3 is 14.5 Å². The molecular formula is C20H20N2O4S. The molecule has 0 saturated carbocycles. The number of aryl methyl sites for hydroxylation is 3. The molecule has 0 aliphatic carbocycles. The van der Waals surface area contributed by atoms with Crippen molar-refractivity contribution in [3.63, 3.8) is 0 Å². The van der Waals surface area contributed by atoms with Crippen LogP contribution >= 0.6 is 11.3 Å². The fraction of sp³-hybridized carbons (Fsp3) is 0.250. The lowest BCUT2D eigenvalue weighted by atomic mass is 10.1. The summed E-state index contributed by atoms with van der Waals surface area (Å²) >= 11 is 1.34. The van der Waals surface area contributed by atoms with E-state index in [1.54, 1.807) is 25.3 Å². The predicted molar refractivity (Wildman–Crippen MR) is 104 cm³/mol. The highest BCUT2D eigenvalue weighted by molar-refractivity contribution is 7.15. The zero-order chi connectivity index (χ0) is 19.6. The Morgan fingerprint density at radius 1 is 1.22 bits per heavy atom. The molecule has 0 aliphatic rings. The first kappa shape index (κ1) is 18.8. The summed E-state index contributed by atoms with van der Waals surface area (Å²) in [5.74, 6) is -0.443. The number of carbonyl (C=O) groups excluding carboxylic acids is 2. The first-order valence-corrected chi connectivity index (χ1v) is 9.27. The maximum absolute atomic E-state index is 12.4. The minimum atomic E-state index is -0.952. The number of hydrogen-bond acceptors (Lipinski definition) is 6. The number of esters is 1. The van der Waals surface area contributed by atoms with Gasteiger partial charge in [-0.1, -0.05) is 17.7 Å². The van der Waals surface area contributed by atoms with Gasteiger partial charge in [0.2, 0.25) is 0 Å². The maximum Gasteiger partial charge on any atom is 0.358 e. The Hall–Kier alpha value is -2.93. The van der Waals surface area contributed by atoms with E-state index in [4.69, 9.17) is 9.15 Å². The van der Waals surface area contributed by atoms with E-state index in [1.165, 1.54) is 18.3 Å². The van der Waals surface area contributed by atoms with Crippen molar-refractivity contribution in [1.82, 2.24) is 4.98 Å². The number of aromatic nitrogens is 1. The molecule has 2 heterocycles. The molecule has 27 heavy (non-hydrogen) atoms. The second-order valence-corrected chi connectivity index (χ2v) is 7.46. The molecule has 0 radical (unpaired) electrons. The van der Waals surface area contributed by atoms with Gasteiger partial charge in [-0.25, -0.2) is 9.78 Å². The van der Waals surface area contributed by atoms with E-state index in [-0.39, 0.29) is 5.69 Å². The van der Waals surface area contributed by atoms with Crippen LogP contribution in [0.15, 0.2) is 41.0 Å². The molecule has 140 valence electrons. The molecule has 1 unspecified atom stereocenters. The number of nitrogens with one attached hydrogen (secondary N) is 1. The minimum absolute atomic E-state index is 0.192. The number of ether oxygens (including phenoxy) is 1. The molecule has 0 saturated heterocycles. The van der Waals surface area contributed by atoms with E-state index < -0.39 is 18.0 Å². The Labute approximate surface area is 161 Å². The lowest BCUT2D eigenvalue weighted by Crippen LogP contribution is -2.30. The summed E-state index contributed by atoms with van der Waals surface area (Å²) in [5, 5.41) is 3.38. The standard InChI is InChI=1S/C20H20N2O4S/c1-11-7-8-15(12(2)10-11)21-18(23)13(3)26-20(24)17-14(4)27-19(22-17)16-6-5-9-25-16/h5-10,13H,1-4H3,(H,21,23). The largest absolute Gasteiger partial charge is 0.462 e. The predicted octanol–water partition coefficient (Wildman–Crippen LogP) is 4.51. The average Bonchev–Trinajstić information content (AvgIpc) is 3.26. The van der Waals surface area contributed by atoms with Crippen LogP contribution in [-0.2, 0) is 9.53 Å². The lowest BCUT2D eigenvalue weighted by molar-refractivity contribution is -0.123. The van der Waals surface area contributed by atoms with E-state index in [0.717, 1.165) is 11.1 Å². The zero-order valence-corrected chi connectivity index (χ0v) is 16.3. The number of hydrogen-bond donors (Lipinski definition) is 1. The Bertz CT molecular complexity index is 976. The van der Waals surface area contributed by atoms with Crippen molar-refractivity contribution < 1.29 is 18.7 Å². The summed E-state index contributed by atoms with van der Waals surface area (Å²) in [4.78, 5) is 29.8. The lowest BCUT2D eigenvalue weighted by Gasteiger charge is -2.14. The van der Waals surface area contributed by atoms with Crippen molar-refractivity contribution >= 4 is 28.9 Å². The van der Waals surface area contributed by atoms with Crippen molar-refractivity contribution in [3.8, 4) is 10.8 Å². The topological polar surface area (TPSA) is 81.4 Å². The van der Waals surface area contributed by atoms with Gasteiger partial charge in [-0.2, -0.15) is 0 Å². The Morgan fingerprint density at radius 2 is 2.00 bits per heavy atom. The molecule has 1 N–H and O–H groups in total. The number of carbonyl (C=O) groups is 2. The summed E-state index contributed by atoms with van der Waals surface area (Å²) in [6.45, 7) is 7.21. The molecule has 3 rings (SSSR count). The van der Waals surface area contributed by atoms with Crippen molar-refractivity contribution in [1.29, 1.82) is 0 Å². The van der Waals surface area contributed by atoms with E-state index in [2.05, 4.69) is 10.3 Å². The fourth-order valence-electron chi connectivity index (χ4n) is 2.55. The number of benzene rings is 1. The van der Waals surface area contributed by atoms with Crippen LogP contribution in [0.25, 0.3) is 10.8 Å². The van der Waals surface area contributed by atoms with Gasteiger partial charge in [0.25, 0.3) is 5.91 Å². The monoisotopic (exact) mass is 384 g/mol. The van der Waals surface area contributed by atoms with Crippen LogP contribution in [0.2, 0.25) is 0 Å². The number of anilines is 1. The van der Waals surface area contributed by atoms with Gasteiger partial charge in [0, 0.05) is 10.6 Å². The van der Waals surface area contributed by atoms with E-state index in [9.17, 15) is 9.59 Å². The third kappa shape index (κ3) is 4.25. The molecule has 7 heteroatoms. The van der Waals surface area contributed by atoms with Gasteiger partial charge in [0.05, 0.1) is 6.26 Å². The number of nitrogens with zero attached hydrogens (tertiary/aromatic N) is 1. The summed E-state index contributed by atoms with van der Waals surface area (Å²) in [6, 6.07) is 9.24. The second kappa shape index (κ2) is 7.75. The van der Waals surface area contributed by atoms with Gasteiger partial charge in [0.1, 0.15) is 0 Å². The first-order chi connectivity index (χ1) is 12.8. The van der Waals surface area contributed by atoms with Crippen molar-refractivity contribution in [2.45, 2.75) is 33.8 Å².